The zero-order chi connectivity index (χ0) is 18.4. The number of likely N-dealkylation sites (tertiary alicyclic amines) is 1. The molecule has 1 amide bonds. The van der Waals surface area contributed by atoms with Crippen LogP contribution in [0.2, 0.25) is 0 Å². The molecule has 0 bridgehead atoms. The van der Waals surface area contributed by atoms with Gasteiger partial charge in [-0.3, -0.25) is 9.69 Å². The monoisotopic (exact) mass is 348 g/mol. The second-order valence-corrected chi connectivity index (χ2v) is 7.56. The lowest BCUT2D eigenvalue weighted by Gasteiger charge is -2.39. The molecule has 1 aliphatic rings. The smallest absolute Gasteiger partial charge is 0.407 e. The minimum absolute atomic E-state index is 0.0452. The van der Waals surface area contributed by atoms with Crippen molar-refractivity contribution in [3.8, 4) is 0 Å². The summed E-state index contributed by atoms with van der Waals surface area (Å²) in [5.41, 5.74) is 0.482. The zero-order valence-corrected chi connectivity index (χ0v) is 15.5. The van der Waals surface area contributed by atoms with E-state index in [1.165, 1.54) is 0 Å². The Morgan fingerprint density at radius 1 is 1.24 bits per heavy atom. The van der Waals surface area contributed by atoms with Gasteiger partial charge in [0.1, 0.15) is 12.2 Å². The summed E-state index contributed by atoms with van der Waals surface area (Å²) in [4.78, 5) is 25.9. The Morgan fingerprint density at radius 2 is 1.88 bits per heavy atom. The van der Waals surface area contributed by atoms with Gasteiger partial charge in [0.2, 0.25) is 0 Å². The van der Waals surface area contributed by atoms with Crippen LogP contribution in [-0.2, 0) is 20.9 Å². The molecule has 1 aromatic rings. The number of amides is 1. The molecule has 0 aromatic heterocycles. The van der Waals surface area contributed by atoms with Gasteiger partial charge < -0.3 is 14.8 Å². The first-order valence-electron chi connectivity index (χ1n) is 8.65. The van der Waals surface area contributed by atoms with Crippen LogP contribution in [0.25, 0.3) is 0 Å². The van der Waals surface area contributed by atoms with Crippen molar-refractivity contribution in [2.45, 2.75) is 45.9 Å². The molecule has 0 aliphatic carbocycles. The average molecular weight is 348 g/mol. The highest BCUT2D eigenvalue weighted by Crippen LogP contribution is 2.18. The molecule has 0 unspecified atom stereocenters. The van der Waals surface area contributed by atoms with E-state index in [-0.39, 0.29) is 17.9 Å². The molecule has 6 nitrogen and oxygen atoms in total. The number of benzene rings is 1. The quantitative estimate of drug-likeness (QED) is 0.800. The second kappa shape index (κ2) is 8.34. The maximum atomic E-state index is 12.0. The van der Waals surface area contributed by atoms with Crippen molar-refractivity contribution in [3.05, 3.63) is 35.9 Å². The molecule has 6 heteroatoms. The molecule has 1 aliphatic heterocycles. The van der Waals surface area contributed by atoms with Gasteiger partial charge in [0.25, 0.3) is 0 Å². The number of hydrogen-bond acceptors (Lipinski definition) is 5. The van der Waals surface area contributed by atoms with Crippen molar-refractivity contribution in [1.82, 2.24) is 10.2 Å². The van der Waals surface area contributed by atoms with Gasteiger partial charge in [-0.25, -0.2) is 4.79 Å². The largest absolute Gasteiger partial charge is 0.461 e. The van der Waals surface area contributed by atoms with Crippen LogP contribution in [0.3, 0.4) is 0 Å². The van der Waals surface area contributed by atoms with Gasteiger partial charge in [-0.05, 0) is 33.3 Å². The third-order valence-corrected chi connectivity index (χ3v) is 3.81. The van der Waals surface area contributed by atoms with Crippen LogP contribution in [-0.4, -0.2) is 48.2 Å². The zero-order valence-electron chi connectivity index (χ0n) is 15.5. The van der Waals surface area contributed by atoms with Crippen molar-refractivity contribution in [2.75, 3.05) is 19.6 Å². The molecule has 1 heterocycles. The first kappa shape index (κ1) is 19.2. The summed E-state index contributed by atoms with van der Waals surface area (Å²) in [5.74, 6) is -0.245. The predicted molar refractivity (Wildman–Crippen MR) is 95.0 cm³/mol. The van der Waals surface area contributed by atoms with Crippen molar-refractivity contribution < 1.29 is 19.1 Å². The minimum Gasteiger partial charge on any atom is -0.461 e. The molecule has 0 spiro atoms. The summed E-state index contributed by atoms with van der Waals surface area (Å²) < 4.78 is 10.6. The van der Waals surface area contributed by atoms with Gasteiger partial charge in [0, 0.05) is 25.7 Å². The van der Waals surface area contributed by atoms with Gasteiger partial charge in [0.05, 0.1) is 5.92 Å². The maximum Gasteiger partial charge on any atom is 0.407 e. The number of esters is 1. The molecule has 1 aromatic carbocycles. The van der Waals surface area contributed by atoms with Gasteiger partial charge in [0.15, 0.2) is 0 Å². The standard InChI is InChI=1S/C19H28N2O4/c1-14(20-18(23)25-19(2,3)4)10-21-11-16(12-21)17(22)24-13-15-8-6-5-7-9-15/h5-9,14,16H,10-13H2,1-4H3,(H,20,23)/t14-/m0/s1. The van der Waals surface area contributed by atoms with Crippen molar-refractivity contribution >= 4 is 12.1 Å². The van der Waals surface area contributed by atoms with E-state index in [2.05, 4.69) is 10.2 Å². The summed E-state index contributed by atoms with van der Waals surface area (Å²) in [7, 11) is 0. The predicted octanol–water partition coefficient (Wildman–Crippen LogP) is 2.57. The lowest BCUT2D eigenvalue weighted by molar-refractivity contribution is -0.156. The van der Waals surface area contributed by atoms with Crippen LogP contribution in [0.5, 0.6) is 0 Å². The van der Waals surface area contributed by atoms with Gasteiger partial charge >= 0.3 is 12.1 Å². The van der Waals surface area contributed by atoms with Crippen molar-refractivity contribution in [2.24, 2.45) is 5.92 Å². The fourth-order valence-corrected chi connectivity index (χ4v) is 2.66. The number of nitrogens with zero attached hydrogens (tertiary/aromatic N) is 1. The molecule has 138 valence electrons. The highest BCUT2D eigenvalue weighted by Gasteiger charge is 2.34. The van der Waals surface area contributed by atoms with E-state index in [0.29, 0.717) is 26.2 Å². The Balaban J connectivity index is 1.63. The van der Waals surface area contributed by atoms with Crippen LogP contribution < -0.4 is 5.32 Å². The molecule has 1 fully saturated rings. The first-order chi connectivity index (χ1) is 11.7. The number of carbonyl (C=O) groups excluding carboxylic acids is 2. The number of nitrogens with one attached hydrogen (secondary N) is 1. The SMILES string of the molecule is C[C@@H](CN1CC(C(=O)OCc2ccccc2)C1)NC(=O)OC(C)(C)C. The Morgan fingerprint density at radius 3 is 2.48 bits per heavy atom. The fourth-order valence-electron chi connectivity index (χ4n) is 2.66. The van der Waals surface area contributed by atoms with Crippen LogP contribution >= 0.6 is 0 Å². The number of carbonyl (C=O) groups is 2. The van der Waals surface area contributed by atoms with Gasteiger partial charge in [-0.2, -0.15) is 0 Å². The molecule has 2 rings (SSSR count). The minimum atomic E-state index is -0.506. The molecule has 0 radical (unpaired) electrons. The molecule has 25 heavy (non-hydrogen) atoms. The molecule has 1 saturated heterocycles. The van der Waals surface area contributed by atoms with E-state index in [0.717, 1.165) is 5.56 Å². The van der Waals surface area contributed by atoms with Crippen molar-refractivity contribution in [1.29, 1.82) is 0 Å². The van der Waals surface area contributed by atoms with E-state index in [1.807, 2.05) is 58.0 Å². The lowest BCUT2D eigenvalue weighted by atomic mass is 10.00. The summed E-state index contributed by atoms with van der Waals surface area (Å²) in [6.07, 6.45) is -0.417. The Hall–Kier alpha value is -2.08. The van der Waals surface area contributed by atoms with Gasteiger partial charge in [-0.15, -0.1) is 0 Å². The van der Waals surface area contributed by atoms with Crippen LogP contribution in [0.4, 0.5) is 4.79 Å². The fraction of sp³-hybridized carbons (Fsp3) is 0.579. The van der Waals surface area contributed by atoms with E-state index in [4.69, 9.17) is 9.47 Å². The normalized spacial score (nSPS) is 16.6. The summed E-state index contributed by atoms with van der Waals surface area (Å²) in [6.45, 7) is 9.73. The van der Waals surface area contributed by atoms with E-state index < -0.39 is 11.7 Å². The van der Waals surface area contributed by atoms with Crippen LogP contribution in [0.15, 0.2) is 30.3 Å². The Bertz CT molecular complexity index is 577. The summed E-state index contributed by atoms with van der Waals surface area (Å²) >= 11 is 0. The van der Waals surface area contributed by atoms with Crippen molar-refractivity contribution in [3.63, 3.8) is 0 Å². The number of alkyl carbamates (subject to hydrolysis) is 1. The molecular weight excluding hydrogens is 320 g/mol. The Labute approximate surface area is 149 Å². The number of rotatable bonds is 6. The summed E-state index contributed by atoms with van der Waals surface area (Å²) in [5, 5.41) is 2.81. The van der Waals surface area contributed by atoms with Crippen LogP contribution in [0, 0.1) is 5.92 Å². The number of ether oxygens (including phenoxy) is 2. The topological polar surface area (TPSA) is 67.9 Å². The Kier molecular flexibility index (Phi) is 6.42. The van der Waals surface area contributed by atoms with E-state index >= 15 is 0 Å². The highest BCUT2D eigenvalue weighted by molar-refractivity contribution is 5.74. The molecule has 1 N–H and O–H groups in total. The van der Waals surface area contributed by atoms with E-state index in [1.54, 1.807) is 0 Å². The molecule has 1 atom stereocenters. The van der Waals surface area contributed by atoms with Crippen LogP contribution in [0.1, 0.15) is 33.3 Å². The summed E-state index contributed by atoms with van der Waals surface area (Å²) in [6, 6.07) is 9.60. The molecular formula is C19H28N2O4. The maximum absolute atomic E-state index is 12.0. The number of hydrogen-bond donors (Lipinski definition) is 1. The van der Waals surface area contributed by atoms with E-state index in [9.17, 15) is 9.59 Å². The average Bonchev–Trinajstić information content (AvgIpc) is 2.47. The third kappa shape index (κ3) is 6.74. The highest BCUT2D eigenvalue weighted by atomic mass is 16.6. The third-order valence-electron chi connectivity index (χ3n) is 3.81. The second-order valence-electron chi connectivity index (χ2n) is 7.56. The lowest BCUT2D eigenvalue weighted by Crippen LogP contribution is -2.55. The molecule has 0 saturated carbocycles. The first-order valence-corrected chi connectivity index (χ1v) is 8.65. The van der Waals surface area contributed by atoms with Gasteiger partial charge in [-0.1, -0.05) is 30.3 Å².